The number of hydrogen-bond donors (Lipinski definition) is 1. The Morgan fingerprint density at radius 1 is 1.20 bits per heavy atom. The molecule has 1 aliphatic rings. The van der Waals surface area contributed by atoms with Crippen LogP contribution in [0.2, 0.25) is 0 Å². The molecule has 0 radical (unpaired) electrons. The third kappa shape index (κ3) is 3.56. The van der Waals surface area contributed by atoms with Crippen molar-refractivity contribution in [2.24, 2.45) is 0 Å². The van der Waals surface area contributed by atoms with E-state index in [4.69, 9.17) is 0 Å². The quantitative estimate of drug-likeness (QED) is 0.686. The summed E-state index contributed by atoms with van der Waals surface area (Å²) in [7, 11) is 0. The number of aromatic nitrogens is 1. The molecular formula is C24H22F2N2O2. The first-order chi connectivity index (χ1) is 14.3. The van der Waals surface area contributed by atoms with E-state index < -0.39 is 17.2 Å². The van der Waals surface area contributed by atoms with Crippen molar-refractivity contribution in [1.29, 1.82) is 0 Å². The number of pyridine rings is 1. The van der Waals surface area contributed by atoms with Crippen LogP contribution < -0.4 is 5.56 Å². The van der Waals surface area contributed by atoms with Crippen molar-refractivity contribution < 1.29 is 15.0 Å². The largest absolute Gasteiger partial charge is 0.322 e. The Bertz CT molecular complexity index is 1290. The highest BCUT2D eigenvalue weighted by atomic mass is 19.2. The van der Waals surface area contributed by atoms with Gasteiger partial charge < -0.3 is 9.88 Å². The Labute approximate surface area is 173 Å². The van der Waals surface area contributed by atoms with Gasteiger partial charge in [-0.2, -0.15) is 0 Å². The second kappa shape index (κ2) is 7.71. The molecule has 154 valence electrons. The maximum atomic E-state index is 14.3. The zero-order chi connectivity index (χ0) is 21.4. The predicted octanol–water partition coefficient (Wildman–Crippen LogP) is 4.65. The lowest BCUT2D eigenvalue weighted by Crippen LogP contribution is -2.31. The Morgan fingerprint density at radius 3 is 2.70 bits per heavy atom. The van der Waals surface area contributed by atoms with E-state index in [2.05, 4.69) is 11.1 Å². The lowest BCUT2D eigenvalue weighted by Gasteiger charge is -2.21. The molecule has 3 aromatic rings. The average Bonchev–Trinajstić information content (AvgIpc) is 2.73. The summed E-state index contributed by atoms with van der Waals surface area (Å²) in [5.41, 5.74) is 3.37. The van der Waals surface area contributed by atoms with Crippen molar-refractivity contribution in [2.45, 2.75) is 20.3 Å². The van der Waals surface area contributed by atoms with Crippen LogP contribution in [0.4, 0.5) is 8.78 Å². The highest BCUT2D eigenvalue weighted by molar-refractivity contribution is 5.87. The molecule has 0 aliphatic carbocycles. The molecular weight excluding hydrogens is 386 g/mol. The summed E-state index contributed by atoms with van der Waals surface area (Å²) >= 11 is 0. The number of amides is 1. The van der Waals surface area contributed by atoms with Crippen LogP contribution in [0.5, 0.6) is 0 Å². The number of hydrogen-bond acceptors (Lipinski definition) is 2. The van der Waals surface area contributed by atoms with Crippen LogP contribution in [0.3, 0.4) is 0 Å². The first kappa shape index (κ1) is 19.8. The maximum Gasteiger partial charge on any atom is 0.252 e. The van der Waals surface area contributed by atoms with Crippen LogP contribution in [-0.4, -0.2) is 22.3 Å². The van der Waals surface area contributed by atoms with Gasteiger partial charge in [-0.15, -0.1) is 0 Å². The van der Waals surface area contributed by atoms with Crippen molar-refractivity contribution in [3.63, 3.8) is 0 Å². The Balaban J connectivity index is 0.00000272. The van der Waals surface area contributed by atoms with Crippen LogP contribution in [-0.2, 0) is 11.2 Å². The summed E-state index contributed by atoms with van der Waals surface area (Å²) in [6.45, 7) is 3.92. The van der Waals surface area contributed by atoms with Gasteiger partial charge in [0.2, 0.25) is 5.91 Å². The zero-order valence-corrected chi connectivity index (χ0v) is 16.6. The van der Waals surface area contributed by atoms with Gasteiger partial charge in [0.15, 0.2) is 11.6 Å². The molecule has 0 atom stereocenters. The molecule has 1 N–H and O–H groups in total. The maximum absolute atomic E-state index is 14.3. The second-order valence-corrected chi connectivity index (χ2v) is 7.41. The molecule has 0 spiro atoms. The molecule has 0 unspecified atom stereocenters. The lowest BCUT2D eigenvalue weighted by molar-refractivity contribution is -0.127. The third-order valence-electron chi connectivity index (χ3n) is 5.39. The minimum atomic E-state index is -1.03. The van der Waals surface area contributed by atoms with Gasteiger partial charge >= 0.3 is 0 Å². The van der Waals surface area contributed by atoms with Gasteiger partial charge in [-0.1, -0.05) is 35.9 Å². The second-order valence-electron chi connectivity index (χ2n) is 7.41. The lowest BCUT2D eigenvalue weighted by atomic mass is 10.00. The van der Waals surface area contributed by atoms with Crippen LogP contribution >= 0.6 is 0 Å². The standard InChI is InChI=1S/C24H20F2N2O2.H2/c1-14-4-3-5-17(12-14)16-8-10-28(11-9-16)21(29)13-18-15(2)22-20(27-24(18)30)7-6-19(25)23(22)26;/h3-10,12H,11,13H2,1-2H3,(H,27,30);1H. The van der Waals surface area contributed by atoms with E-state index in [1.807, 2.05) is 37.3 Å². The summed E-state index contributed by atoms with van der Waals surface area (Å²) in [5, 5.41) is -0.00628. The monoisotopic (exact) mass is 408 g/mol. The number of benzene rings is 2. The van der Waals surface area contributed by atoms with E-state index in [9.17, 15) is 18.4 Å². The van der Waals surface area contributed by atoms with Crippen LogP contribution in [0.25, 0.3) is 16.5 Å². The smallest absolute Gasteiger partial charge is 0.252 e. The van der Waals surface area contributed by atoms with E-state index in [0.29, 0.717) is 6.54 Å². The van der Waals surface area contributed by atoms with Gasteiger partial charge in [0.25, 0.3) is 5.56 Å². The molecule has 1 amide bonds. The van der Waals surface area contributed by atoms with E-state index in [1.54, 1.807) is 6.20 Å². The third-order valence-corrected chi connectivity index (χ3v) is 5.39. The number of aryl methyl sites for hydroxylation is 2. The van der Waals surface area contributed by atoms with Crippen LogP contribution in [0, 0.1) is 25.5 Å². The molecule has 1 aliphatic heterocycles. The minimum absolute atomic E-state index is 0. The molecule has 0 bridgehead atoms. The molecule has 6 heteroatoms. The van der Waals surface area contributed by atoms with E-state index >= 15 is 0 Å². The van der Waals surface area contributed by atoms with Crippen molar-refractivity contribution in [2.75, 3.05) is 6.54 Å². The Kier molecular flexibility index (Phi) is 5.08. The first-order valence-electron chi connectivity index (χ1n) is 9.59. The zero-order valence-electron chi connectivity index (χ0n) is 16.6. The molecule has 0 saturated heterocycles. The number of aromatic amines is 1. The number of allylic oxidation sites excluding steroid dienone is 2. The number of H-pyrrole nitrogens is 1. The molecule has 2 aromatic carbocycles. The molecule has 4 rings (SSSR count). The van der Waals surface area contributed by atoms with Crippen molar-refractivity contribution in [1.82, 2.24) is 9.88 Å². The minimum Gasteiger partial charge on any atom is -0.322 e. The van der Waals surface area contributed by atoms with Gasteiger partial charge in [-0.25, -0.2) is 8.78 Å². The molecule has 0 saturated carbocycles. The fourth-order valence-corrected chi connectivity index (χ4v) is 3.73. The number of carbonyl (C=O) groups is 1. The number of halogens is 2. The summed E-state index contributed by atoms with van der Waals surface area (Å²) in [5.74, 6) is -2.32. The number of carbonyl (C=O) groups excluding carboxylic acids is 1. The predicted molar refractivity (Wildman–Crippen MR) is 115 cm³/mol. The summed E-state index contributed by atoms with van der Waals surface area (Å²) in [6.07, 6.45) is 5.28. The molecule has 0 fully saturated rings. The summed E-state index contributed by atoms with van der Waals surface area (Å²) in [6, 6.07) is 10.4. The highest BCUT2D eigenvalue weighted by Crippen LogP contribution is 2.24. The van der Waals surface area contributed by atoms with Crippen LogP contribution in [0.15, 0.2) is 59.5 Å². The van der Waals surface area contributed by atoms with Gasteiger partial charge in [0.1, 0.15) is 0 Å². The van der Waals surface area contributed by atoms with Gasteiger partial charge in [-0.3, -0.25) is 9.59 Å². The highest BCUT2D eigenvalue weighted by Gasteiger charge is 2.20. The molecule has 4 nitrogen and oxygen atoms in total. The van der Waals surface area contributed by atoms with Gasteiger partial charge in [-0.05, 0) is 48.8 Å². The number of fused-ring (bicyclic) bond motifs is 1. The SMILES string of the molecule is Cc1cccc(C2=CCN(C(=O)Cc3c(C)c4c(F)c(F)ccc4[nH]c3=O)C=C2)c1.[HH]. The Hall–Kier alpha value is -3.54. The van der Waals surface area contributed by atoms with Gasteiger partial charge in [0, 0.05) is 25.1 Å². The van der Waals surface area contributed by atoms with E-state index in [0.717, 1.165) is 22.8 Å². The summed E-state index contributed by atoms with van der Waals surface area (Å²) in [4.78, 5) is 29.3. The van der Waals surface area contributed by atoms with E-state index in [-0.39, 0.29) is 35.8 Å². The fraction of sp³-hybridized carbons (Fsp3) is 0.167. The molecule has 2 heterocycles. The topological polar surface area (TPSA) is 53.2 Å². The number of nitrogens with zero attached hydrogens (tertiary/aromatic N) is 1. The van der Waals surface area contributed by atoms with Crippen molar-refractivity contribution in [3.05, 3.63) is 99.0 Å². The van der Waals surface area contributed by atoms with E-state index in [1.165, 1.54) is 17.9 Å². The van der Waals surface area contributed by atoms with Gasteiger partial charge in [0.05, 0.1) is 11.9 Å². The number of rotatable bonds is 3. The first-order valence-corrected chi connectivity index (χ1v) is 9.59. The molecule has 30 heavy (non-hydrogen) atoms. The van der Waals surface area contributed by atoms with Crippen molar-refractivity contribution >= 4 is 22.4 Å². The average molecular weight is 408 g/mol. The fourth-order valence-electron chi connectivity index (χ4n) is 3.73. The normalized spacial score (nSPS) is 13.6. The van der Waals surface area contributed by atoms with Crippen molar-refractivity contribution in [3.8, 4) is 0 Å². The summed E-state index contributed by atoms with van der Waals surface area (Å²) < 4.78 is 27.9. The number of nitrogens with one attached hydrogen (secondary N) is 1. The Morgan fingerprint density at radius 2 is 2.00 bits per heavy atom. The molecule has 1 aromatic heterocycles. The van der Waals surface area contributed by atoms with Crippen LogP contribution in [0.1, 0.15) is 23.7 Å².